The molecular weight excluding hydrogens is 234 g/mol. The maximum absolute atomic E-state index is 11.5. The molecule has 0 saturated carbocycles. The molecule has 0 aromatic carbocycles. The van der Waals surface area contributed by atoms with Crippen LogP contribution in [0.4, 0.5) is 5.82 Å². The van der Waals surface area contributed by atoms with Crippen molar-refractivity contribution >= 4 is 23.3 Å². The first-order chi connectivity index (χ1) is 7.54. The minimum Gasteiger partial charge on any atom is -0.358 e. The lowest BCUT2D eigenvalue weighted by molar-refractivity contribution is -0.389. The van der Waals surface area contributed by atoms with Crippen molar-refractivity contribution < 1.29 is 9.72 Å². The van der Waals surface area contributed by atoms with Crippen LogP contribution in [-0.2, 0) is 0 Å². The predicted molar refractivity (Wildman–Crippen MR) is 59.7 cm³/mol. The molecule has 0 aliphatic heterocycles. The van der Waals surface area contributed by atoms with Gasteiger partial charge in [-0.2, -0.15) is 0 Å². The first-order valence-electron chi connectivity index (χ1n) is 4.72. The molecule has 1 amide bonds. The van der Waals surface area contributed by atoms with Crippen LogP contribution in [0.15, 0.2) is 12.1 Å². The van der Waals surface area contributed by atoms with Crippen molar-refractivity contribution in [2.24, 2.45) is 5.92 Å². The molecule has 0 bridgehead atoms. The molecule has 0 spiro atoms. The highest BCUT2D eigenvalue weighted by molar-refractivity contribution is 6.18. The third kappa shape index (κ3) is 3.23. The summed E-state index contributed by atoms with van der Waals surface area (Å²) in [6.07, 6.45) is 0. The number of nitrogens with one attached hydrogen (secondary N) is 2. The number of nitro groups is 1. The summed E-state index contributed by atoms with van der Waals surface area (Å²) in [5.41, 5.74) is 0.175. The van der Waals surface area contributed by atoms with Crippen LogP contribution in [0.5, 0.6) is 0 Å². The average molecular weight is 246 g/mol. The van der Waals surface area contributed by atoms with Crippen LogP contribution >= 0.6 is 11.6 Å². The summed E-state index contributed by atoms with van der Waals surface area (Å²) in [6.45, 7) is 2.33. The Balaban J connectivity index is 2.56. The van der Waals surface area contributed by atoms with E-state index in [0.717, 1.165) is 0 Å². The molecule has 16 heavy (non-hydrogen) atoms. The van der Waals surface area contributed by atoms with Crippen molar-refractivity contribution in [3.8, 4) is 0 Å². The maximum atomic E-state index is 11.5. The van der Waals surface area contributed by atoms with E-state index in [9.17, 15) is 14.9 Å². The predicted octanol–water partition coefficient (Wildman–Crippen LogP) is 1.53. The Morgan fingerprint density at radius 1 is 1.69 bits per heavy atom. The Labute approximate surface area is 97.1 Å². The van der Waals surface area contributed by atoms with E-state index in [-0.39, 0.29) is 23.3 Å². The third-order valence-corrected chi connectivity index (χ3v) is 2.51. The van der Waals surface area contributed by atoms with Crippen molar-refractivity contribution in [2.75, 3.05) is 12.4 Å². The second-order valence-corrected chi connectivity index (χ2v) is 3.79. The van der Waals surface area contributed by atoms with Gasteiger partial charge in [-0.05, 0) is 16.9 Å². The normalized spacial score (nSPS) is 12.1. The molecule has 0 saturated heterocycles. The van der Waals surface area contributed by atoms with E-state index in [2.05, 4.69) is 10.3 Å². The molecule has 6 nitrogen and oxygen atoms in total. The lowest BCUT2D eigenvalue weighted by Gasteiger charge is -2.07. The fraction of sp³-hybridized carbons (Fsp3) is 0.444. The Hall–Kier alpha value is -1.56. The number of carbonyl (C=O) groups excluding carboxylic acids is 1. The molecule has 7 heteroatoms. The van der Waals surface area contributed by atoms with Crippen LogP contribution < -0.4 is 5.32 Å². The molecular formula is C9H12ClN3O3. The zero-order valence-electron chi connectivity index (χ0n) is 8.70. The molecule has 0 radical (unpaired) electrons. The first kappa shape index (κ1) is 12.5. The lowest BCUT2D eigenvalue weighted by Crippen LogP contribution is -2.29. The minimum atomic E-state index is -0.585. The molecule has 1 unspecified atom stereocenters. The van der Waals surface area contributed by atoms with E-state index in [1.807, 2.05) is 6.92 Å². The number of amides is 1. The topological polar surface area (TPSA) is 88.0 Å². The first-order valence-corrected chi connectivity index (χ1v) is 5.25. The van der Waals surface area contributed by atoms with Gasteiger partial charge >= 0.3 is 5.82 Å². The van der Waals surface area contributed by atoms with Crippen molar-refractivity contribution in [3.05, 3.63) is 27.9 Å². The van der Waals surface area contributed by atoms with Crippen molar-refractivity contribution in [3.63, 3.8) is 0 Å². The Morgan fingerprint density at radius 3 is 2.88 bits per heavy atom. The monoisotopic (exact) mass is 245 g/mol. The van der Waals surface area contributed by atoms with Crippen molar-refractivity contribution in [1.29, 1.82) is 0 Å². The number of halogens is 1. The van der Waals surface area contributed by atoms with Gasteiger partial charge in [-0.15, -0.1) is 11.6 Å². The fourth-order valence-corrected chi connectivity index (χ4v) is 1.15. The van der Waals surface area contributed by atoms with Crippen LogP contribution in [0.1, 0.15) is 17.4 Å². The number of hydrogen-bond acceptors (Lipinski definition) is 3. The summed E-state index contributed by atoms with van der Waals surface area (Å²) in [5.74, 6) is 0.0432. The van der Waals surface area contributed by atoms with Gasteiger partial charge in [0.25, 0.3) is 5.91 Å². The van der Waals surface area contributed by atoms with Gasteiger partial charge in [0, 0.05) is 18.5 Å². The number of hydrogen-bond donors (Lipinski definition) is 2. The maximum Gasteiger partial charge on any atom is 0.321 e. The van der Waals surface area contributed by atoms with E-state index in [4.69, 9.17) is 11.6 Å². The van der Waals surface area contributed by atoms with E-state index >= 15 is 0 Å². The van der Waals surface area contributed by atoms with Gasteiger partial charge in [-0.3, -0.25) is 4.79 Å². The number of rotatable bonds is 5. The highest BCUT2D eigenvalue weighted by Crippen LogP contribution is 2.09. The summed E-state index contributed by atoms with van der Waals surface area (Å²) < 4.78 is 0. The standard InChI is InChI=1S/C9H12ClN3O3/c1-6(4-10)5-11-9(14)7-2-3-8(12-7)13(15)16/h2-3,6,12H,4-5H2,1H3,(H,11,14). The molecule has 0 aliphatic carbocycles. The van der Waals surface area contributed by atoms with Gasteiger partial charge in [0.2, 0.25) is 0 Å². The van der Waals surface area contributed by atoms with Crippen molar-refractivity contribution in [1.82, 2.24) is 10.3 Å². The highest BCUT2D eigenvalue weighted by atomic mass is 35.5. The van der Waals surface area contributed by atoms with Gasteiger partial charge < -0.3 is 15.4 Å². The lowest BCUT2D eigenvalue weighted by atomic mass is 10.2. The van der Waals surface area contributed by atoms with Gasteiger partial charge in [0.05, 0.1) is 0 Å². The Bertz CT molecular complexity index is 391. The van der Waals surface area contributed by atoms with Crippen molar-refractivity contribution in [2.45, 2.75) is 6.92 Å². The molecule has 1 heterocycles. The number of aromatic amines is 1. The van der Waals surface area contributed by atoms with E-state index < -0.39 is 4.92 Å². The molecule has 1 aromatic heterocycles. The number of alkyl halides is 1. The Morgan fingerprint density at radius 2 is 2.38 bits per heavy atom. The quantitative estimate of drug-likeness (QED) is 0.468. The van der Waals surface area contributed by atoms with Crippen LogP contribution in [0, 0.1) is 16.0 Å². The van der Waals surface area contributed by atoms with Gasteiger partial charge in [-0.1, -0.05) is 6.92 Å². The number of nitrogens with zero attached hydrogens (tertiary/aromatic N) is 1. The second-order valence-electron chi connectivity index (χ2n) is 3.48. The molecule has 0 aliphatic rings. The second kappa shape index (κ2) is 5.50. The van der Waals surface area contributed by atoms with Crippen LogP contribution in [0.2, 0.25) is 0 Å². The summed E-state index contributed by atoms with van der Waals surface area (Å²) in [6, 6.07) is 2.62. The van der Waals surface area contributed by atoms with Crippen LogP contribution in [-0.4, -0.2) is 28.2 Å². The molecule has 2 N–H and O–H groups in total. The van der Waals surface area contributed by atoms with Crippen LogP contribution in [0.25, 0.3) is 0 Å². The average Bonchev–Trinajstić information content (AvgIpc) is 2.74. The zero-order chi connectivity index (χ0) is 12.1. The van der Waals surface area contributed by atoms with Gasteiger partial charge in [0.15, 0.2) is 5.69 Å². The number of carbonyl (C=O) groups is 1. The Kier molecular flexibility index (Phi) is 4.30. The molecule has 88 valence electrons. The van der Waals surface area contributed by atoms with E-state index in [1.54, 1.807) is 0 Å². The minimum absolute atomic E-state index is 0.163. The summed E-state index contributed by atoms with van der Waals surface area (Å²) in [7, 11) is 0. The highest BCUT2D eigenvalue weighted by Gasteiger charge is 2.15. The van der Waals surface area contributed by atoms with E-state index in [0.29, 0.717) is 12.4 Å². The third-order valence-electron chi connectivity index (χ3n) is 1.99. The summed E-state index contributed by atoms with van der Waals surface area (Å²) in [4.78, 5) is 23.7. The largest absolute Gasteiger partial charge is 0.358 e. The van der Waals surface area contributed by atoms with Gasteiger partial charge in [-0.25, -0.2) is 4.98 Å². The van der Waals surface area contributed by atoms with Gasteiger partial charge in [0.1, 0.15) is 0 Å². The van der Waals surface area contributed by atoms with Crippen LogP contribution in [0.3, 0.4) is 0 Å². The summed E-state index contributed by atoms with van der Waals surface area (Å²) >= 11 is 5.58. The van der Waals surface area contributed by atoms with E-state index in [1.165, 1.54) is 12.1 Å². The molecule has 1 rings (SSSR count). The smallest absolute Gasteiger partial charge is 0.321 e. The SMILES string of the molecule is CC(CCl)CNC(=O)c1ccc([N+](=O)[O-])[nH]1. The number of H-pyrrole nitrogens is 1. The zero-order valence-corrected chi connectivity index (χ0v) is 9.45. The number of aromatic nitrogens is 1. The molecule has 1 aromatic rings. The molecule has 0 fully saturated rings. The fourth-order valence-electron chi connectivity index (χ4n) is 1.04. The summed E-state index contributed by atoms with van der Waals surface area (Å²) in [5, 5.41) is 13.0. The molecule has 1 atom stereocenters.